The zero-order valence-corrected chi connectivity index (χ0v) is 47.2. The molecule has 2 aliphatic heterocycles. The van der Waals surface area contributed by atoms with Gasteiger partial charge in [0.15, 0.2) is 5.82 Å². The highest BCUT2D eigenvalue weighted by molar-refractivity contribution is 7.15. The first-order valence-corrected chi connectivity index (χ1v) is 28.1. The molecule has 0 aliphatic carbocycles. The number of aliphatic imine (C=N–C) groups is 1. The Morgan fingerprint density at radius 2 is 1.51 bits per heavy atom. The third-order valence-corrected chi connectivity index (χ3v) is 15.9. The van der Waals surface area contributed by atoms with Gasteiger partial charge in [0.2, 0.25) is 23.6 Å². The van der Waals surface area contributed by atoms with Crippen molar-refractivity contribution in [3.05, 3.63) is 128 Å². The van der Waals surface area contributed by atoms with E-state index in [4.69, 9.17) is 35.5 Å². The maximum Gasteiger partial charge on any atom is 0.246 e. The van der Waals surface area contributed by atoms with Crippen molar-refractivity contribution in [1.82, 2.24) is 35.3 Å². The molecule has 3 N–H and O–H groups in total. The summed E-state index contributed by atoms with van der Waals surface area (Å²) in [6.45, 7) is 16.6. The van der Waals surface area contributed by atoms with E-state index < -0.39 is 29.4 Å². The lowest BCUT2D eigenvalue weighted by molar-refractivity contribution is -0.144. The molecule has 6 aromatic rings. The van der Waals surface area contributed by atoms with E-state index in [9.17, 15) is 19.2 Å². The predicted molar refractivity (Wildman–Crippen MR) is 300 cm³/mol. The summed E-state index contributed by atoms with van der Waals surface area (Å²) in [7, 11) is 0. The SMILES string of the molecule is Cc1ncsc1-c1ccc(CNC(=O)[C@@H]2CCCN2C(=O)[C@@H](NC(=O)COCCOCCOCCCCOc2ccc(NC(=O)C[C@@H]3N=C(c4ccc(Cl)cc4)c4c(sc(C)c4C)-n4c(C)nnc43)cc2)C(C)(C)C)cc1. The zero-order valence-electron chi connectivity index (χ0n) is 44.8. The summed E-state index contributed by atoms with van der Waals surface area (Å²) < 4.78 is 24.9. The normalized spacial score (nSPS) is 15.5. The third-order valence-electron chi connectivity index (χ3n) is 13.5. The molecule has 3 aromatic carbocycles. The maximum atomic E-state index is 13.9. The van der Waals surface area contributed by atoms with Gasteiger partial charge >= 0.3 is 0 Å². The molecule has 77 heavy (non-hydrogen) atoms. The fourth-order valence-electron chi connectivity index (χ4n) is 9.24. The van der Waals surface area contributed by atoms with Gasteiger partial charge in [0, 0.05) is 46.4 Å². The van der Waals surface area contributed by atoms with Gasteiger partial charge in [0.1, 0.15) is 41.3 Å². The molecule has 0 saturated carbocycles. The first-order valence-electron chi connectivity index (χ1n) is 26.0. The number of rotatable bonds is 24. The van der Waals surface area contributed by atoms with E-state index in [-0.39, 0.29) is 44.0 Å². The minimum absolute atomic E-state index is 0.0618. The number of nitrogens with zero attached hydrogens (tertiary/aromatic N) is 6. The number of hydrogen-bond acceptors (Lipinski definition) is 14. The second kappa shape index (κ2) is 26.3. The number of carbonyl (C=O) groups excluding carboxylic acids is 4. The summed E-state index contributed by atoms with van der Waals surface area (Å²) >= 11 is 9.52. The number of anilines is 1. The quantitative estimate of drug-likeness (QED) is 0.0488. The van der Waals surface area contributed by atoms with Gasteiger partial charge in [-0.05, 0) is 112 Å². The molecule has 0 bridgehead atoms. The number of unbranched alkanes of at least 4 members (excludes halogenated alkanes) is 1. The van der Waals surface area contributed by atoms with Crippen molar-refractivity contribution in [2.75, 3.05) is 58.1 Å². The minimum Gasteiger partial charge on any atom is -0.494 e. The molecule has 408 valence electrons. The molecule has 2 aliphatic rings. The summed E-state index contributed by atoms with van der Waals surface area (Å²) in [6.07, 6.45) is 2.89. The fraction of sp³-hybridized carbons (Fsp3) is 0.439. The molecule has 5 heterocycles. The molecule has 17 nitrogen and oxygen atoms in total. The molecule has 8 rings (SSSR count). The monoisotopic (exact) mass is 1110 g/mol. The highest BCUT2D eigenvalue weighted by Crippen LogP contribution is 2.40. The Bertz CT molecular complexity index is 3020. The van der Waals surface area contributed by atoms with E-state index in [0.717, 1.165) is 67.8 Å². The first-order chi connectivity index (χ1) is 37.0. The minimum atomic E-state index is -0.847. The average Bonchev–Trinajstić information content (AvgIpc) is 4.34. The topological polar surface area (TPSA) is 200 Å². The number of carbonyl (C=O) groups is 4. The molecular formula is C57H68ClN9O8S2. The number of thiophene rings is 1. The molecule has 0 spiro atoms. The summed E-state index contributed by atoms with van der Waals surface area (Å²) in [4.78, 5) is 67.4. The molecular weight excluding hydrogens is 1040 g/mol. The number of hydrogen-bond donors (Lipinski definition) is 3. The van der Waals surface area contributed by atoms with Gasteiger partial charge in [-0.15, -0.1) is 32.9 Å². The Morgan fingerprint density at radius 1 is 0.818 bits per heavy atom. The van der Waals surface area contributed by atoms with Crippen molar-refractivity contribution in [3.63, 3.8) is 0 Å². The van der Waals surface area contributed by atoms with Crippen molar-refractivity contribution in [2.24, 2.45) is 10.4 Å². The van der Waals surface area contributed by atoms with E-state index in [1.54, 1.807) is 27.6 Å². The lowest BCUT2D eigenvalue weighted by atomic mass is 9.85. The van der Waals surface area contributed by atoms with Crippen molar-refractivity contribution < 1.29 is 38.1 Å². The Labute approximate surface area is 463 Å². The first kappa shape index (κ1) is 56.8. The van der Waals surface area contributed by atoms with Gasteiger partial charge in [-0.25, -0.2) is 4.98 Å². The van der Waals surface area contributed by atoms with Crippen molar-refractivity contribution >= 4 is 69.3 Å². The van der Waals surface area contributed by atoms with Crippen LogP contribution in [0.2, 0.25) is 5.02 Å². The molecule has 0 radical (unpaired) electrons. The number of thiazole rings is 1. The van der Waals surface area contributed by atoms with Crippen LogP contribution in [0.4, 0.5) is 5.69 Å². The number of aromatic nitrogens is 4. The van der Waals surface area contributed by atoms with Gasteiger partial charge in [-0.2, -0.15) is 0 Å². The number of likely N-dealkylation sites (tertiary alicyclic amines) is 1. The maximum absolute atomic E-state index is 13.9. The Balaban J connectivity index is 0.679. The van der Waals surface area contributed by atoms with Crippen LogP contribution in [0, 0.1) is 33.1 Å². The second-order valence-corrected chi connectivity index (χ2v) is 22.7. The number of halogens is 1. The number of nitrogens with one attached hydrogen (secondary N) is 3. The van der Waals surface area contributed by atoms with E-state index in [2.05, 4.69) is 45.0 Å². The zero-order chi connectivity index (χ0) is 54.6. The average molecular weight is 1110 g/mol. The van der Waals surface area contributed by atoms with Crippen LogP contribution in [-0.2, 0) is 39.9 Å². The summed E-state index contributed by atoms with van der Waals surface area (Å²) in [5, 5.41) is 19.4. The van der Waals surface area contributed by atoms with E-state index >= 15 is 0 Å². The Morgan fingerprint density at radius 3 is 2.21 bits per heavy atom. The lowest BCUT2D eigenvalue weighted by Crippen LogP contribution is -2.58. The van der Waals surface area contributed by atoms with Gasteiger partial charge in [-0.3, -0.25) is 28.7 Å². The van der Waals surface area contributed by atoms with Crippen LogP contribution in [0.5, 0.6) is 5.75 Å². The van der Waals surface area contributed by atoms with E-state index in [0.29, 0.717) is 74.6 Å². The third kappa shape index (κ3) is 14.6. The molecule has 3 aromatic heterocycles. The van der Waals surface area contributed by atoms with Gasteiger partial charge in [-0.1, -0.05) is 68.8 Å². The molecule has 20 heteroatoms. The van der Waals surface area contributed by atoms with Gasteiger partial charge in [0.25, 0.3) is 0 Å². The Hall–Kier alpha value is -6.35. The van der Waals surface area contributed by atoms with Crippen LogP contribution in [0.3, 0.4) is 0 Å². The summed E-state index contributed by atoms with van der Waals surface area (Å²) in [5.41, 5.74) is 8.71. The number of fused-ring (bicyclic) bond motifs is 3. The largest absolute Gasteiger partial charge is 0.494 e. The van der Waals surface area contributed by atoms with Crippen LogP contribution < -0.4 is 20.7 Å². The van der Waals surface area contributed by atoms with Crippen LogP contribution in [-0.4, -0.2) is 119 Å². The molecule has 0 unspecified atom stereocenters. The van der Waals surface area contributed by atoms with Crippen LogP contribution in [0.15, 0.2) is 83.3 Å². The molecule has 3 atom stereocenters. The predicted octanol–water partition coefficient (Wildman–Crippen LogP) is 9.31. The van der Waals surface area contributed by atoms with Gasteiger partial charge < -0.3 is 39.8 Å². The van der Waals surface area contributed by atoms with E-state index in [1.165, 1.54) is 4.88 Å². The smallest absolute Gasteiger partial charge is 0.246 e. The molecule has 1 fully saturated rings. The number of amides is 4. The molecule has 4 amide bonds. The van der Waals surface area contributed by atoms with Crippen molar-refractivity contribution in [1.29, 1.82) is 0 Å². The summed E-state index contributed by atoms with van der Waals surface area (Å²) in [6, 6.07) is 20.9. The summed E-state index contributed by atoms with van der Waals surface area (Å²) in [5.74, 6) is 0.913. The van der Waals surface area contributed by atoms with E-state index in [1.807, 2.05) is 117 Å². The van der Waals surface area contributed by atoms with Crippen molar-refractivity contribution in [2.45, 2.75) is 105 Å². The standard InChI is InChI=1S/C57H68ClN9O8S2/c1-35-37(3)77-56-49(35)50(40-16-18-42(58)19-17-40)62-45(53-65-64-38(4)67(53)56)31-47(68)61-43-20-22-44(23-21-43)75-26-9-8-25-72-27-28-73-29-30-74-33-48(69)63-52(57(5,6)7)55(71)66-24-10-11-46(66)54(70)59-32-39-12-14-41(15-13-39)51-36(2)60-34-76-51/h12-23,34,45-46,52H,8-11,24-33H2,1-7H3,(H,59,70)(H,61,68)(H,63,69)/t45-,46-,52+/m0/s1. The van der Waals surface area contributed by atoms with Crippen molar-refractivity contribution in [3.8, 4) is 21.2 Å². The fourth-order valence-corrected chi connectivity index (χ4v) is 11.4. The highest BCUT2D eigenvalue weighted by atomic mass is 35.5. The number of benzene rings is 3. The highest BCUT2D eigenvalue weighted by Gasteiger charge is 2.42. The number of aryl methyl sites for hydroxylation is 3. The molecule has 1 saturated heterocycles. The lowest BCUT2D eigenvalue weighted by Gasteiger charge is -2.35. The van der Waals surface area contributed by atoms with Crippen LogP contribution >= 0.6 is 34.3 Å². The van der Waals surface area contributed by atoms with Gasteiger partial charge in [0.05, 0.1) is 61.2 Å². The Kier molecular flexibility index (Phi) is 19.4. The second-order valence-electron chi connectivity index (χ2n) is 20.3. The van der Waals surface area contributed by atoms with Crippen LogP contribution in [0.1, 0.15) is 103 Å². The van der Waals surface area contributed by atoms with Crippen LogP contribution in [0.25, 0.3) is 15.4 Å². The number of ether oxygens (including phenoxy) is 4.